The molecule has 140 valence electrons. The molecule has 3 rings (SSSR count). The molecule has 0 aliphatic carbocycles. The molecule has 2 aromatic heterocycles. The third-order valence-corrected chi connectivity index (χ3v) is 4.32. The minimum absolute atomic E-state index is 0.139. The van der Waals surface area contributed by atoms with E-state index < -0.39 is 12.7 Å². The Kier molecular flexibility index (Phi) is 5.26. The summed E-state index contributed by atoms with van der Waals surface area (Å²) in [6.45, 7) is 1.75. The summed E-state index contributed by atoms with van der Waals surface area (Å²) in [5.41, 5.74) is 0.784. The largest absolute Gasteiger partial charge is 0.444 e. The SMILES string of the molecule is CCN(C(=O)c1coc(-c2cccnc2)n1)C1CCN(CC(F)(F)F)C1. The van der Waals surface area contributed by atoms with E-state index in [1.54, 1.807) is 36.4 Å². The molecule has 1 saturated heterocycles. The van der Waals surface area contributed by atoms with Gasteiger partial charge in [-0.2, -0.15) is 13.2 Å². The molecule has 1 unspecified atom stereocenters. The zero-order valence-electron chi connectivity index (χ0n) is 14.2. The number of oxazole rings is 1. The van der Waals surface area contributed by atoms with Gasteiger partial charge in [-0.15, -0.1) is 0 Å². The fourth-order valence-corrected chi connectivity index (χ4v) is 3.17. The van der Waals surface area contributed by atoms with Crippen LogP contribution in [0.15, 0.2) is 35.2 Å². The van der Waals surface area contributed by atoms with E-state index in [1.807, 2.05) is 0 Å². The molecule has 6 nitrogen and oxygen atoms in total. The maximum Gasteiger partial charge on any atom is 0.401 e. The van der Waals surface area contributed by atoms with Crippen LogP contribution in [-0.2, 0) is 0 Å². The first-order valence-electron chi connectivity index (χ1n) is 8.33. The molecule has 3 heterocycles. The molecule has 0 bridgehead atoms. The molecule has 1 aliphatic rings. The maximum atomic E-state index is 12.7. The molecule has 0 radical (unpaired) electrons. The number of carbonyl (C=O) groups excluding carboxylic acids is 1. The number of amides is 1. The van der Waals surface area contributed by atoms with E-state index in [0.29, 0.717) is 25.1 Å². The number of carbonyl (C=O) groups is 1. The number of likely N-dealkylation sites (N-methyl/N-ethyl adjacent to an activating group) is 1. The number of pyridine rings is 1. The Morgan fingerprint density at radius 2 is 2.27 bits per heavy atom. The number of rotatable bonds is 5. The van der Waals surface area contributed by atoms with Crippen molar-refractivity contribution in [2.75, 3.05) is 26.2 Å². The number of hydrogen-bond acceptors (Lipinski definition) is 5. The van der Waals surface area contributed by atoms with E-state index >= 15 is 0 Å². The average molecular weight is 368 g/mol. The van der Waals surface area contributed by atoms with Gasteiger partial charge in [0.15, 0.2) is 5.69 Å². The number of alkyl halides is 3. The summed E-state index contributed by atoms with van der Waals surface area (Å²) in [6.07, 6.45) is 0.729. The average Bonchev–Trinajstić information content (AvgIpc) is 3.25. The van der Waals surface area contributed by atoms with Gasteiger partial charge in [0.1, 0.15) is 6.26 Å². The Morgan fingerprint density at radius 1 is 1.46 bits per heavy atom. The lowest BCUT2D eigenvalue weighted by Crippen LogP contribution is -2.43. The lowest BCUT2D eigenvalue weighted by atomic mass is 10.2. The summed E-state index contributed by atoms with van der Waals surface area (Å²) < 4.78 is 43.0. The van der Waals surface area contributed by atoms with Crippen LogP contribution in [-0.4, -0.2) is 64.1 Å². The van der Waals surface area contributed by atoms with Crippen molar-refractivity contribution >= 4 is 5.91 Å². The first-order chi connectivity index (χ1) is 12.4. The van der Waals surface area contributed by atoms with Crippen molar-refractivity contribution in [1.82, 2.24) is 19.8 Å². The van der Waals surface area contributed by atoms with Crippen LogP contribution in [0.4, 0.5) is 13.2 Å². The van der Waals surface area contributed by atoms with Gasteiger partial charge in [-0.3, -0.25) is 14.7 Å². The molecule has 26 heavy (non-hydrogen) atoms. The van der Waals surface area contributed by atoms with Gasteiger partial charge >= 0.3 is 6.18 Å². The first kappa shape index (κ1) is 18.4. The number of halogens is 3. The monoisotopic (exact) mass is 368 g/mol. The summed E-state index contributed by atoms with van der Waals surface area (Å²) in [6, 6.07) is 3.22. The van der Waals surface area contributed by atoms with Gasteiger partial charge in [0, 0.05) is 38.1 Å². The molecule has 1 amide bonds. The molecule has 0 aromatic carbocycles. The van der Waals surface area contributed by atoms with Crippen LogP contribution < -0.4 is 0 Å². The minimum Gasteiger partial charge on any atom is -0.444 e. The lowest BCUT2D eigenvalue weighted by Gasteiger charge is -2.27. The van der Waals surface area contributed by atoms with Crippen molar-refractivity contribution in [3.8, 4) is 11.5 Å². The highest BCUT2D eigenvalue weighted by Gasteiger charge is 2.37. The third-order valence-electron chi connectivity index (χ3n) is 4.32. The van der Waals surface area contributed by atoms with Crippen molar-refractivity contribution in [2.24, 2.45) is 0 Å². The molecular weight excluding hydrogens is 349 g/mol. The lowest BCUT2D eigenvalue weighted by molar-refractivity contribution is -0.143. The van der Waals surface area contributed by atoms with Crippen molar-refractivity contribution in [3.05, 3.63) is 36.5 Å². The Bertz CT molecular complexity index is 748. The van der Waals surface area contributed by atoms with E-state index in [0.717, 1.165) is 0 Å². The highest BCUT2D eigenvalue weighted by Crippen LogP contribution is 2.24. The predicted octanol–water partition coefficient (Wildman–Crippen LogP) is 2.84. The molecule has 1 aliphatic heterocycles. The Hall–Kier alpha value is -2.42. The van der Waals surface area contributed by atoms with Crippen LogP contribution in [0, 0.1) is 0 Å². The second kappa shape index (κ2) is 7.45. The van der Waals surface area contributed by atoms with Gasteiger partial charge in [0.05, 0.1) is 12.1 Å². The number of aromatic nitrogens is 2. The third kappa shape index (κ3) is 4.21. The number of nitrogens with zero attached hydrogens (tertiary/aromatic N) is 4. The van der Waals surface area contributed by atoms with E-state index in [9.17, 15) is 18.0 Å². The van der Waals surface area contributed by atoms with Gasteiger partial charge in [-0.05, 0) is 25.5 Å². The zero-order valence-corrected chi connectivity index (χ0v) is 14.2. The molecule has 0 saturated carbocycles. The Labute approximate surface area is 148 Å². The van der Waals surface area contributed by atoms with Crippen LogP contribution in [0.2, 0.25) is 0 Å². The van der Waals surface area contributed by atoms with Crippen molar-refractivity contribution < 1.29 is 22.4 Å². The number of likely N-dealkylation sites (tertiary alicyclic amines) is 1. The summed E-state index contributed by atoms with van der Waals surface area (Å²) >= 11 is 0. The quantitative estimate of drug-likeness (QED) is 0.812. The van der Waals surface area contributed by atoms with Crippen LogP contribution in [0.25, 0.3) is 11.5 Å². The summed E-state index contributed by atoms with van der Waals surface area (Å²) in [7, 11) is 0. The first-order valence-corrected chi connectivity index (χ1v) is 8.33. The van der Waals surface area contributed by atoms with Gasteiger partial charge in [0.25, 0.3) is 5.91 Å². The van der Waals surface area contributed by atoms with Crippen molar-refractivity contribution in [1.29, 1.82) is 0 Å². The normalized spacial score (nSPS) is 18.2. The van der Waals surface area contributed by atoms with Crippen molar-refractivity contribution in [2.45, 2.75) is 25.6 Å². The van der Waals surface area contributed by atoms with Gasteiger partial charge in [-0.25, -0.2) is 4.98 Å². The summed E-state index contributed by atoms with van der Waals surface area (Å²) in [5.74, 6) is -0.0622. The van der Waals surface area contributed by atoms with E-state index in [4.69, 9.17) is 4.42 Å². The van der Waals surface area contributed by atoms with Crippen molar-refractivity contribution in [3.63, 3.8) is 0 Å². The Balaban J connectivity index is 1.69. The fourth-order valence-electron chi connectivity index (χ4n) is 3.17. The smallest absolute Gasteiger partial charge is 0.401 e. The molecule has 2 aromatic rings. The Morgan fingerprint density at radius 3 is 2.92 bits per heavy atom. The van der Waals surface area contributed by atoms with Gasteiger partial charge in [-0.1, -0.05) is 0 Å². The zero-order chi connectivity index (χ0) is 18.7. The summed E-state index contributed by atoms with van der Waals surface area (Å²) in [5, 5.41) is 0. The molecule has 1 fully saturated rings. The van der Waals surface area contributed by atoms with Crippen LogP contribution in [0.5, 0.6) is 0 Å². The van der Waals surface area contributed by atoms with Gasteiger partial charge in [0.2, 0.25) is 5.89 Å². The topological polar surface area (TPSA) is 62.5 Å². The second-order valence-corrected chi connectivity index (χ2v) is 6.16. The predicted molar refractivity (Wildman–Crippen MR) is 87.3 cm³/mol. The number of hydrogen-bond donors (Lipinski definition) is 0. The molecule has 9 heteroatoms. The van der Waals surface area contributed by atoms with Crippen LogP contribution in [0.3, 0.4) is 0 Å². The molecule has 0 spiro atoms. The highest BCUT2D eigenvalue weighted by molar-refractivity contribution is 5.92. The van der Waals surface area contributed by atoms with Gasteiger partial charge < -0.3 is 9.32 Å². The van der Waals surface area contributed by atoms with Crippen LogP contribution in [0.1, 0.15) is 23.8 Å². The fraction of sp³-hybridized carbons (Fsp3) is 0.471. The second-order valence-electron chi connectivity index (χ2n) is 6.16. The molecular formula is C17H19F3N4O2. The maximum absolute atomic E-state index is 12.7. The van der Waals surface area contributed by atoms with Crippen LogP contribution >= 0.6 is 0 Å². The minimum atomic E-state index is -4.24. The van der Waals surface area contributed by atoms with E-state index in [-0.39, 0.29) is 30.1 Å². The van der Waals surface area contributed by atoms with E-state index in [1.165, 1.54) is 11.2 Å². The van der Waals surface area contributed by atoms with E-state index in [2.05, 4.69) is 9.97 Å². The molecule has 0 N–H and O–H groups in total. The highest BCUT2D eigenvalue weighted by atomic mass is 19.4. The molecule has 1 atom stereocenters. The standard InChI is InChI=1S/C17H19F3N4O2/c1-2-24(13-5-7-23(9-13)11-17(18,19)20)16(25)14-10-26-15(22-14)12-4-3-6-21-8-12/h3-4,6,8,10,13H,2,5,7,9,11H2,1H3. The summed E-state index contributed by atoms with van der Waals surface area (Å²) in [4.78, 5) is 23.8.